The van der Waals surface area contributed by atoms with Crippen LogP contribution < -0.4 is 4.74 Å². The van der Waals surface area contributed by atoms with Gasteiger partial charge in [0.2, 0.25) is 5.91 Å². The topological polar surface area (TPSA) is 75.9 Å². The normalized spacial score (nSPS) is 21.6. The Hall–Kier alpha value is -2.83. The quantitative estimate of drug-likeness (QED) is 0.806. The Bertz CT molecular complexity index is 849. The van der Waals surface area contributed by atoms with E-state index in [0.29, 0.717) is 25.3 Å². The number of rotatable bonds is 5. The molecule has 0 radical (unpaired) electrons. The summed E-state index contributed by atoms with van der Waals surface area (Å²) in [5, 5.41) is 3.89. The predicted molar refractivity (Wildman–Crippen MR) is 97.0 cm³/mol. The van der Waals surface area contributed by atoms with Crippen molar-refractivity contribution in [2.75, 3.05) is 13.2 Å². The number of aromatic nitrogens is 1. The van der Waals surface area contributed by atoms with Crippen molar-refractivity contribution in [1.29, 1.82) is 0 Å². The number of ether oxygens (including phenoxy) is 1. The maximum atomic E-state index is 12.7. The zero-order chi connectivity index (χ0) is 19.0. The summed E-state index contributed by atoms with van der Waals surface area (Å²) in [6.45, 7) is 5.12. The van der Waals surface area contributed by atoms with Crippen molar-refractivity contribution in [2.45, 2.75) is 45.3 Å². The zero-order valence-corrected chi connectivity index (χ0v) is 15.6. The van der Waals surface area contributed by atoms with Crippen molar-refractivity contribution in [3.05, 3.63) is 47.3 Å². The molecule has 3 heterocycles. The molecule has 0 aliphatic carbocycles. The van der Waals surface area contributed by atoms with E-state index in [1.54, 1.807) is 11.0 Å². The molecule has 4 rings (SSSR count). The van der Waals surface area contributed by atoms with E-state index in [2.05, 4.69) is 5.16 Å². The van der Waals surface area contributed by atoms with Gasteiger partial charge in [-0.05, 0) is 43.5 Å². The lowest BCUT2D eigenvalue weighted by atomic mass is 10.1. The van der Waals surface area contributed by atoms with Crippen molar-refractivity contribution in [1.82, 2.24) is 15.0 Å². The second-order valence-electron chi connectivity index (χ2n) is 7.26. The summed E-state index contributed by atoms with van der Waals surface area (Å²) in [6, 6.07) is 7.52. The molecule has 2 aliphatic rings. The molecule has 27 heavy (non-hydrogen) atoms. The number of carbonyl (C=O) groups is 2. The standard InChI is InChI=1S/C20H23N3O4/c1-13-3-4-16(9-14(13)2)26-12-20(25)22-7-5-17-18(22)10-19(24)23(17)11-15-6-8-27-21-15/h3-4,6,8-9,17-18H,5,7,10-12H2,1-2H3/t17-,18-/m0/s1. The monoisotopic (exact) mass is 369 g/mol. The Kier molecular flexibility index (Phi) is 4.59. The van der Waals surface area contributed by atoms with Crippen LogP contribution in [0, 0.1) is 13.8 Å². The molecule has 0 saturated carbocycles. The summed E-state index contributed by atoms with van der Waals surface area (Å²) in [4.78, 5) is 28.7. The van der Waals surface area contributed by atoms with Gasteiger partial charge < -0.3 is 19.1 Å². The maximum Gasteiger partial charge on any atom is 0.260 e. The van der Waals surface area contributed by atoms with Crippen molar-refractivity contribution >= 4 is 11.8 Å². The van der Waals surface area contributed by atoms with Gasteiger partial charge in [0.05, 0.1) is 18.6 Å². The summed E-state index contributed by atoms with van der Waals surface area (Å²) in [7, 11) is 0. The van der Waals surface area contributed by atoms with Gasteiger partial charge in [0.15, 0.2) is 6.61 Å². The number of aryl methyl sites for hydroxylation is 2. The van der Waals surface area contributed by atoms with Gasteiger partial charge in [-0.3, -0.25) is 9.59 Å². The van der Waals surface area contributed by atoms with Gasteiger partial charge in [0, 0.05) is 19.0 Å². The fraction of sp³-hybridized carbons (Fsp3) is 0.450. The highest BCUT2D eigenvalue weighted by atomic mass is 16.5. The summed E-state index contributed by atoms with van der Waals surface area (Å²) in [5.74, 6) is 0.676. The maximum absolute atomic E-state index is 12.7. The van der Waals surface area contributed by atoms with E-state index in [1.165, 1.54) is 11.8 Å². The molecule has 1 aromatic heterocycles. The van der Waals surface area contributed by atoms with Crippen molar-refractivity contribution in [3.63, 3.8) is 0 Å². The highest BCUT2D eigenvalue weighted by Gasteiger charge is 2.48. The van der Waals surface area contributed by atoms with Crippen LogP contribution >= 0.6 is 0 Å². The molecule has 2 fully saturated rings. The molecular weight excluding hydrogens is 346 g/mol. The number of amides is 2. The lowest BCUT2D eigenvalue weighted by molar-refractivity contribution is -0.134. The smallest absolute Gasteiger partial charge is 0.260 e. The molecule has 0 unspecified atom stereocenters. The highest BCUT2D eigenvalue weighted by Crippen LogP contribution is 2.33. The van der Waals surface area contributed by atoms with Crippen LogP contribution in [0.3, 0.4) is 0 Å². The van der Waals surface area contributed by atoms with E-state index in [4.69, 9.17) is 9.26 Å². The molecule has 2 aliphatic heterocycles. The van der Waals surface area contributed by atoms with E-state index in [0.717, 1.165) is 17.7 Å². The van der Waals surface area contributed by atoms with Crippen LogP contribution in [0.25, 0.3) is 0 Å². The van der Waals surface area contributed by atoms with Crippen LogP contribution in [0.1, 0.15) is 29.7 Å². The average Bonchev–Trinajstić information content (AvgIpc) is 3.35. The average molecular weight is 369 g/mol. The minimum atomic E-state index is -0.0831. The Labute approximate surface area is 157 Å². The number of hydrogen-bond donors (Lipinski definition) is 0. The first kappa shape index (κ1) is 17.6. The number of hydrogen-bond acceptors (Lipinski definition) is 5. The molecule has 7 nitrogen and oxygen atoms in total. The number of carbonyl (C=O) groups excluding carboxylic acids is 2. The van der Waals surface area contributed by atoms with Crippen molar-refractivity contribution < 1.29 is 18.8 Å². The van der Waals surface area contributed by atoms with Gasteiger partial charge in [-0.1, -0.05) is 11.2 Å². The lowest BCUT2D eigenvalue weighted by Gasteiger charge is -2.25. The van der Waals surface area contributed by atoms with Crippen molar-refractivity contribution in [3.8, 4) is 5.75 Å². The molecule has 0 spiro atoms. The molecule has 2 saturated heterocycles. The van der Waals surface area contributed by atoms with Gasteiger partial charge in [0.1, 0.15) is 17.7 Å². The summed E-state index contributed by atoms with van der Waals surface area (Å²) in [5.41, 5.74) is 3.05. The molecule has 2 aromatic rings. The van der Waals surface area contributed by atoms with Crippen LogP contribution in [0.2, 0.25) is 0 Å². The molecular formula is C20H23N3O4. The minimum Gasteiger partial charge on any atom is -0.484 e. The molecule has 2 amide bonds. The number of nitrogens with zero attached hydrogens (tertiary/aromatic N) is 3. The fourth-order valence-corrected chi connectivity index (χ4v) is 3.97. The van der Waals surface area contributed by atoms with Gasteiger partial charge in [-0.15, -0.1) is 0 Å². The third-order valence-electron chi connectivity index (χ3n) is 5.60. The Morgan fingerprint density at radius 2 is 2.11 bits per heavy atom. The summed E-state index contributed by atoms with van der Waals surface area (Å²) < 4.78 is 10.5. The Morgan fingerprint density at radius 1 is 1.26 bits per heavy atom. The Morgan fingerprint density at radius 3 is 2.85 bits per heavy atom. The van der Waals surface area contributed by atoms with E-state index in [1.807, 2.05) is 36.9 Å². The predicted octanol–water partition coefficient (Wildman–Crippen LogP) is 2.07. The number of fused-ring (bicyclic) bond motifs is 1. The second kappa shape index (κ2) is 7.06. The van der Waals surface area contributed by atoms with Crippen LogP contribution in [0.5, 0.6) is 5.75 Å². The minimum absolute atomic E-state index is 0.0107. The van der Waals surface area contributed by atoms with Crippen LogP contribution in [0.15, 0.2) is 35.1 Å². The number of likely N-dealkylation sites (tertiary alicyclic amines) is 2. The zero-order valence-electron chi connectivity index (χ0n) is 15.6. The van der Waals surface area contributed by atoms with Gasteiger partial charge in [-0.2, -0.15) is 0 Å². The third kappa shape index (κ3) is 3.41. The SMILES string of the molecule is Cc1ccc(OCC(=O)N2CC[C@H]3[C@@H]2CC(=O)N3Cc2ccon2)cc1C. The molecule has 0 N–H and O–H groups in total. The van der Waals surface area contributed by atoms with E-state index >= 15 is 0 Å². The van der Waals surface area contributed by atoms with Crippen LogP contribution in [-0.2, 0) is 16.1 Å². The Balaban J connectivity index is 1.38. The molecule has 1 aromatic carbocycles. The van der Waals surface area contributed by atoms with E-state index in [-0.39, 0.29) is 30.5 Å². The fourth-order valence-electron chi connectivity index (χ4n) is 3.97. The van der Waals surface area contributed by atoms with Crippen LogP contribution in [-0.4, -0.2) is 52.0 Å². The molecule has 142 valence electrons. The van der Waals surface area contributed by atoms with Gasteiger partial charge in [-0.25, -0.2) is 0 Å². The van der Waals surface area contributed by atoms with Crippen molar-refractivity contribution in [2.24, 2.45) is 0 Å². The lowest BCUT2D eigenvalue weighted by Crippen LogP contribution is -2.41. The molecule has 2 atom stereocenters. The second-order valence-corrected chi connectivity index (χ2v) is 7.26. The summed E-state index contributed by atoms with van der Waals surface area (Å²) >= 11 is 0. The van der Waals surface area contributed by atoms with E-state index in [9.17, 15) is 9.59 Å². The number of benzene rings is 1. The first-order chi connectivity index (χ1) is 13.0. The van der Waals surface area contributed by atoms with E-state index < -0.39 is 0 Å². The first-order valence-corrected chi connectivity index (χ1v) is 9.21. The molecule has 7 heteroatoms. The largest absolute Gasteiger partial charge is 0.484 e. The first-order valence-electron chi connectivity index (χ1n) is 9.21. The third-order valence-corrected chi connectivity index (χ3v) is 5.60. The summed E-state index contributed by atoms with van der Waals surface area (Å²) in [6.07, 6.45) is 2.64. The molecule has 0 bridgehead atoms. The highest BCUT2D eigenvalue weighted by molar-refractivity contribution is 5.84. The van der Waals surface area contributed by atoms with Gasteiger partial charge in [0.25, 0.3) is 5.91 Å². The van der Waals surface area contributed by atoms with Gasteiger partial charge >= 0.3 is 0 Å². The van der Waals surface area contributed by atoms with Crippen LogP contribution in [0.4, 0.5) is 0 Å².